The number of hydrogen-bond acceptors (Lipinski definition) is 4. The summed E-state index contributed by atoms with van der Waals surface area (Å²) in [6, 6.07) is 7.79. The average molecular weight is 289 g/mol. The van der Waals surface area contributed by atoms with E-state index in [2.05, 4.69) is 25.9 Å². The molecule has 0 unspecified atom stereocenters. The number of aromatic nitrogens is 2. The van der Waals surface area contributed by atoms with Crippen molar-refractivity contribution >= 4 is 21.7 Å². The van der Waals surface area contributed by atoms with Crippen LogP contribution >= 0.6 is 15.9 Å². The summed E-state index contributed by atoms with van der Waals surface area (Å²) in [5, 5.41) is 8.76. The Morgan fingerprint density at radius 3 is 2.82 bits per heavy atom. The van der Waals surface area contributed by atoms with E-state index in [4.69, 9.17) is 11.0 Å². The fraction of sp³-hybridized carbons (Fsp3) is 0.0833. The summed E-state index contributed by atoms with van der Waals surface area (Å²) in [6.45, 7) is 1.97. The number of anilines is 1. The third-order valence-corrected chi connectivity index (χ3v) is 2.87. The number of benzene rings is 1. The molecule has 0 saturated carbocycles. The van der Waals surface area contributed by atoms with Crippen LogP contribution in [0.15, 0.2) is 28.9 Å². The molecule has 0 saturated heterocycles. The zero-order valence-corrected chi connectivity index (χ0v) is 10.7. The van der Waals surface area contributed by atoms with Crippen LogP contribution in [0.3, 0.4) is 0 Å². The lowest BCUT2D eigenvalue weighted by Crippen LogP contribution is -1.99. The summed E-state index contributed by atoms with van der Waals surface area (Å²) in [6.07, 6.45) is 1.44. The van der Waals surface area contributed by atoms with Crippen molar-refractivity contribution in [1.82, 2.24) is 9.97 Å². The first-order valence-corrected chi connectivity index (χ1v) is 5.70. The minimum Gasteiger partial charge on any atom is -0.382 e. The molecule has 4 nitrogen and oxygen atoms in total. The molecule has 0 aliphatic heterocycles. The van der Waals surface area contributed by atoms with Crippen LogP contribution in [0.1, 0.15) is 11.1 Å². The SMILES string of the molecule is Cc1ccc(Br)cc1-c1ncc(C#N)c(N)n1. The molecule has 2 aromatic rings. The van der Waals surface area contributed by atoms with Gasteiger partial charge in [-0.1, -0.05) is 22.0 Å². The van der Waals surface area contributed by atoms with E-state index >= 15 is 0 Å². The third kappa shape index (κ3) is 2.27. The van der Waals surface area contributed by atoms with Crippen molar-refractivity contribution < 1.29 is 0 Å². The number of nitriles is 1. The van der Waals surface area contributed by atoms with Crippen molar-refractivity contribution in [2.45, 2.75) is 6.92 Å². The Bertz CT molecular complexity index is 616. The van der Waals surface area contributed by atoms with Crippen LogP contribution in [0, 0.1) is 18.3 Å². The standard InChI is InChI=1S/C12H9BrN4/c1-7-2-3-9(13)4-10(7)12-16-6-8(5-14)11(15)17-12/h2-4,6H,1H3,(H2,15,16,17). The summed E-state index contributed by atoms with van der Waals surface area (Å²) < 4.78 is 0.949. The quantitative estimate of drug-likeness (QED) is 0.875. The Morgan fingerprint density at radius 1 is 1.41 bits per heavy atom. The number of nitrogens with zero attached hydrogens (tertiary/aromatic N) is 3. The van der Waals surface area contributed by atoms with Gasteiger partial charge in [-0.25, -0.2) is 9.97 Å². The van der Waals surface area contributed by atoms with E-state index in [1.165, 1.54) is 6.20 Å². The Kier molecular flexibility index (Phi) is 3.07. The number of rotatable bonds is 1. The average Bonchev–Trinajstić information content (AvgIpc) is 2.32. The fourth-order valence-corrected chi connectivity index (χ4v) is 1.81. The number of aryl methyl sites for hydroxylation is 1. The van der Waals surface area contributed by atoms with Gasteiger partial charge in [-0.2, -0.15) is 5.26 Å². The molecule has 1 aromatic heterocycles. The van der Waals surface area contributed by atoms with Gasteiger partial charge in [0.05, 0.1) is 6.20 Å². The maximum atomic E-state index is 8.76. The van der Waals surface area contributed by atoms with Gasteiger partial charge in [0.1, 0.15) is 17.5 Å². The molecule has 0 radical (unpaired) electrons. The zero-order valence-electron chi connectivity index (χ0n) is 9.11. The maximum absolute atomic E-state index is 8.76. The summed E-state index contributed by atoms with van der Waals surface area (Å²) in [5.41, 5.74) is 7.92. The Morgan fingerprint density at radius 2 is 2.18 bits per heavy atom. The predicted octanol–water partition coefficient (Wildman–Crippen LogP) is 2.67. The molecule has 0 aliphatic carbocycles. The molecular weight excluding hydrogens is 280 g/mol. The van der Waals surface area contributed by atoms with E-state index < -0.39 is 0 Å². The van der Waals surface area contributed by atoms with Crippen molar-refractivity contribution in [3.8, 4) is 17.5 Å². The molecule has 0 bridgehead atoms. The number of nitrogen functional groups attached to an aromatic ring is 1. The van der Waals surface area contributed by atoms with Crippen molar-refractivity contribution in [2.24, 2.45) is 0 Å². The van der Waals surface area contributed by atoms with Crippen LogP contribution < -0.4 is 5.73 Å². The van der Waals surface area contributed by atoms with Gasteiger partial charge in [-0.3, -0.25) is 0 Å². The first-order chi connectivity index (χ1) is 8.11. The highest BCUT2D eigenvalue weighted by atomic mass is 79.9. The third-order valence-electron chi connectivity index (χ3n) is 2.38. The molecular formula is C12H9BrN4. The van der Waals surface area contributed by atoms with E-state index in [1.54, 1.807) is 0 Å². The molecule has 0 amide bonds. The van der Waals surface area contributed by atoms with E-state index in [0.717, 1.165) is 15.6 Å². The summed E-state index contributed by atoms with van der Waals surface area (Å²) in [5.74, 6) is 0.733. The first-order valence-electron chi connectivity index (χ1n) is 4.91. The minimum atomic E-state index is 0.205. The molecule has 2 N–H and O–H groups in total. The molecule has 17 heavy (non-hydrogen) atoms. The molecule has 84 valence electrons. The van der Waals surface area contributed by atoms with Crippen molar-refractivity contribution in [3.63, 3.8) is 0 Å². The molecule has 0 fully saturated rings. The second kappa shape index (κ2) is 4.52. The van der Waals surface area contributed by atoms with E-state index in [0.29, 0.717) is 11.4 Å². The van der Waals surface area contributed by atoms with Gasteiger partial charge in [-0.15, -0.1) is 0 Å². The minimum absolute atomic E-state index is 0.205. The number of nitrogens with two attached hydrogens (primary N) is 1. The van der Waals surface area contributed by atoms with Crippen LogP contribution in [0.5, 0.6) is 0 Å². The normalized spacial score (nSPS) is 9.94. The zero-order chi connectivity index (χ0) is 12.4. The second-order valence-electron chi connectivity index (χ2n) is 3.56. The highest BCUT2D eigenvalue weighted by Crippen LogP contribution is 2.24. The van der Waals surface area contributed by atoms with Crippen LogP contribution in [0.2, 0.25) is 0 Å². The molecule has 0 spiro atoms. The Hall–Kier alpha value is -1.93. The van der Waals surface area contributed by atoms with Crippen LogP contribution in [0.25, 0.3) is 11.4 Å². The van der Waals surface area contributed by atoms with Gasteiger partial charge >= 0.3 is 0 Å². The summed E-state index contributed by atoms with van der Waals surface area (Å²) in [7, 11) is 0. The van der Waals surface area contributed by atoms with Gasteiger partial charge in [0.2, 0.25) is 0 Å². The van der Waals surface area contributed by atoms with E-state index in [9.17, 15) is 0 Å². The lowest BCUT2D eigenvalue weighted by Gasteiger charge is -2.06. The highest BCUT2D eigenvalue weighted by Gasteiger charge is 2.08. The fourth-order valence-electron chi connectivity index (χ4n) is 1.45. The summed E-state index contributed by atoms with van der Waals surface area (Å²) in [4.78, 5) is 8.29. The van der Waals surface area contributed by atoms with E-state index in [1.807, 2.05) is 31.2 Å². The topological polar surface area (TPSA) is 75.6 Å². The maximum Gasteiger partial charge on any atom is 0.161 e. The van der Waals surface area contributed by atoms with Crippen LogP contribution in [0.4, 0.5) is 5.82 Å². The van der Waals surface area contributed by atoms with Gasteiger partial charge in [-0.05, 0) is 24.6 Å². The molecule has 2 rings (SSSR count). The molecule has 5 heteroatoms. The Labute approximate surface area is 107 Å². The number of hydrogen-bond donors (Lipinski definition) is 1. The van der Waals surface area contributed by atoms with Crippen molar-refractivity contribution in [3.05, 3.63) is 40.0 Å². The predicted molar refractivity (Wildman–Crippen MR) is 69.0 cm³/mol. The summed E-state index contributed by atoms with van der Waals surface area (Å²) >= 11 is 3.40. The van der Waals surface area contributed by atoms with Crippen molar-refractivity contribution in [2.75, 3.05) is 5.73 Å². The van der Waals surface area contributed by atoms with Gasteiger partial charge in [0.25, 0.3) is 0 Å². The van der Waals surface area contributed by atoms with Crippen LogP contribution in [-0.4, -0.2) is 9.97 Å². The van der Waals surface area contributed by atoms with Gasteiger partial charge in [0, 0.05) is 10.0 Å². The first kappa shape index (κ1) is 11.6. The van der Waals surface area contributed by atoms with Crippen LogP contribution in [-0.2, 0) is 0 Å². The largest absolute Gasteiger partial charge is 0.382 e. The van der Waals surface area contributed by atoms with E-state index in [-0.39, 0.29) is 5.82 Å². The number of halogens is 1. The van der Waals surface area contributed by atoms with Gasteiger partial charge < -0.3 is 5.73 Å². The lowest BCUT2D eigenvalue weighted by molar-refractivity contribution is 1.16. The lowest BCUT2D eigenvalue weighted by atomic mass is 10.1. The smallest absolute Gasteiger partial charge is 0.161 e. The monoisotopic (exact) mass is 288 g/mol. The molecule has 0 aliphatic rings. The molecule has 1 aromatic carbocycles. The molecule has 0 atom stereocenters. The second-order valence-corrected chi connectivity index (χ2v) is 4.48. The van der Waals surface area contributed by atoms with Crippen molar-refractivity contribution in [1.29, 1.82) is 5.26 Å². The highest BCUT2D eigenvalue weighted by molar-refractivity contribution is 9.10. The molecule has 1 heterocycles. The van der Waals surface area contributed by atoms with Gasteiger partial charge in [0.15, 0.2) is 5.82 Å². The Balaban J connectivity index is 2.58.